The van der Waals surface area contributed by atoms with Crippen LogP contribution in [0, 0.1) is 13.8 Å². The number of sulfonamides is 2. The number of hydrogen-bond donors (Lipinski definition) is 1. The fraction of sp³-hybridized carbons (Fsp3) is 0.476. The molecule has 0 bridgehead atoms. The van der Waals surface area contributed by atoms with Crippen LogP contribution < -0.4 is 9.46 Å². The average molecular weight is 489 g/mol. The van der Waals surface area contributed by atoms with Crippen LogP contribution in [0.4, 0.5) is 5.69 Å². The predicted molar refractivity (Wildman–Crippen MR) is 127 cm³/mol. The topological polar surface area (TPSA) is 120 Å². The van der Waals surface area contributed by atoms with Gasteiger partial charge in [0.15, 0.2) is 0 Å². The van der Waals surface area contributed by atoms with Crippen molar-refractivity contribution in [2.75, 3.05) is 38.6 Å². The Balaban J connectivity index is 0.000000323. The maximum Gasteiger partial charge on any atom is 0.250 e. The van der Waals surface area contributed by atoms with E-state index in [1.54, 1.807) is 38.5 Å². The number of nitrogens with one attached hydrogen (secondary N) is 1. The first-order chi connectivity index (χ1) is 14.6. The molecule has 0 radical (unpaired) electrons. The number of aryl methyl sites for hydroxylation is 2. The van der Waals surface area contributed by atoms with E-state index in [1.807, 2.05) is 27.7 Å². The summed E-state index contributed by atoms with van der Waals surface area (Å²) in [4.78, 5) is 0. The Morgan fingerprint density at radius 3 is 1.81 bits per heavy atom. The lowest BCUT2D eigenvalue weighted by Gasteiger charge is -2.33. The van der Waals surface area contributed by atoms with Crippen molar-refractivity contribution in [3.63, 3.8) is 0 Å². The molecule has 0 saturated carbocycles. The Morgan fingerprint density at radius 2 is 1.44 bits per heavy atom. The van der Waals surface area contributed by atoms with Gasteiger partial charge in [0.05, 0.1) is 32.4 Å². The highest BCUT2D eigenvalue weighted by atomic mass is 32.2. The number of rotatable bonds is 6. The van der Waals surface area contributed by atoms with Gasteiger partial charge in [0.25, 0.3) is 10.0 Å². The van der Waals surface area contributed by atoms with Crippen LogP contribution in [-0.2, 0) is 29.5 Å². The zero-order valence-electron chi connectivity index (χ0n) is 19.9. The summed E-state index contributed by atoms with van der Waals surface area (Å²) >= 11 is 0. The lowest BCUT2D eigenvalue weighted by atomic mass is 9.88. The fourth-order valence-corrected chi connectivity index (χ4v) is 4.21. The molecule has 0 aliphatic heterocycles. The van der Waals surface area contributed by atoms with Crippen molar-refractivity contribution in [3.8, 4) is 5.75 Å². The molecule has 1 aliphatic carbocycles. The molecule has 32 heavy (non-hydrogen) atoms. The molecule has 9 nitrogen and oxygen atoms in total. The number of allylic oxidation sites excluding steroid dienone is 2. The third-order valence-corrected chi connectivity index (χ3v) is 5.88. The van der Waals surface area contributed by atoms with Crippen molar-refractivity contribution in [3.05, 3.63) is 46.7 Å². The molecule has 180 valence electrons. The summed E-state index contributed by atoms with van der Waals surface area (Å²) in [7, 11) is -1.96. The molecular weight excluding hydrogens is 456 g/mol. The van der Waals surface area contributed by atoms with Gasteiger partial charge in [0, 0.05) is 18.9 Å². The van der Waals surface area contributed by atoms with Gasteiger partial charge in [-0.05, 0) is 62.6 Å². The van der Waals surface area contributed by atoms with E-state index in [-0.39, 0.29) is 0 Å². The Bertz CT molecular complexity index is 1130. The summed E-state index contributed by atoms with van der Waals surface area (Å²) in [6.45, 7) is 7.44. The third kappa shape index (κ3) is 7.64. The van der Waals surface area contributed by atoms with Crippen molar-refractivity contribution in [2.45, 2.75) is 33.3 Å². The number of hydrogen-bond acceptors (Lipinski definition) is 7. The van der Waals surface area contributed by atoms with Crippen molar-refractivity contribution in [1.82, 2.24) is 0 Å². The molecule has 0 fully saturated rings. The van der Waals surface area contributed by atoms with Crippen LogP contribution in [0.1, 0.15) is 25.0 Å². The Hall–Kier alpha value is -2.37. The molecule has 1 N–H and O–H groups in total. The van der Waals surface area contributed by atoms with Gasteiger partial charge in [-0.1, -0.05) is 0 Å². The molecule has 1 aromatic carbocycles. The fourth-order valence-electron chi connectivity index (χ4n) is 3.17. The number of benzene rings is 1. The average Bonchev–Trinajstić information content (AvgIpc) is 2.62. The molecule has 2 rings (SSSR count). The lowest BCUT2D eigenvalue weighted by molar-refractivity contribution is 0.0231. The Morgan fingerprint density at radius 1 is 0.906 bits per heavy atom. The van der Waals surface area contributed by atoms with Crippen LogP contribution in [-0.4, -0.2) is 62.0 Å². The Kier molecular flexibility index (Phi) is 9.07. The standard InChI is InChI=1S/C11H17NO4S.C10H15NO3S/c1-8-6-9(12-17(5,13)14)7-10(15-3)11(8,2)16-4;1-7-5-9(11-15(4,12)13)6-8(2)10(7)14-3/h6-7H,1-5H3;5-6,11H,1-4H3. The second-order valence-corrected chi connectivity index (χ2v) is 10.9. The van der Waals surface area contributed by atoms with E-state index in [0.717, 1.165) is 35.0 Å². The van der Waals surface area contributed by atoms with E-state index < -0.39 is 25.6 Å². The number of anilines is 1. The highest BCUT2D eigenvalue weighted by Crippen LogP contribution is 2.32. The lowest BCUT2D eigenvalue weighted by Crippen LogP contribution is -2.35. The maximum absolute atomic E-state index is 11.1. The van der Waals surface area contributed by atoms with E-state index in [0.29, 0.717) is 17.2 Å². The van der Waals surface area contributed by atoms with Gasteiger partial charge in [-0.2, -0.15) is 4.40 Å². The van der Waals surface area contributed by atoms with Crippen LogP contribution in [0.5, 0.6) is 5.75 Å². The molecule has 1 aromatic rings. The summed E-state index contributed by atoms with van der Waals surface area (Å²) in [6.07, 6.45) is 5.42. The van der Waals surface area contributed by atoms with Gasteiger partial charge < -0.3 is 14.2 Å². The summed E-state index contributed by atoms with van der Waals surface area (Å²) in [5, 5.41) is 0. The van der Waals surface area contributed by atoms with Crippen LogP contribution in [0.25, 0.3) is 0 Å². The number of nitrogens with zero attached hydrogens (tertiary/aromatic N) is 1. The largest absolute Gasteiger partial charge is 0.498 e. The highest BCUT2D eigenvalue weighted by molar-refractivity contribution is 7.92. The summed E-state index contributed by atoms with van der Waals surface area (Å²) in [5.41, 5.74) is 2.88. The molecule has 1 aliphatic rings. The molecule has 1 unspecified atom stereocenters. The van der Waals surface area contributed by atoms with E-state index in [9.17, 15) is 16.8 Å². The van der Waals surface area contributed by atoms with Gasteiger partial charge in [-0.25, -0.2) is 16.8 Å². The molecule has 1 atom stereocenters. The highest BCUT2D eigenvalue weighted by Gasteiger charge is 2.35. The smallest absolute Gasteiger partial charge is 0.250 e. The van der Waals surface area contributed by atoms with E-state index >= 15 is 0 Å². The quantitative estimate of drug-likeness (QED) is 0.653. The molecule has 11 heteroatoms. The molecule has 0 heterocycles. The van der Waals surface area contributed by atoms with Crippen molar-refractivity contribution in [2.24, 2.45) is 4.40 Å². The number of methoxy groups -OCH3 is 3. The zero-order valence-corrected chi connectivity index (χ0v) is 21.6. The minimum atomic E-state index is -3.42. The first-order valence-electron chi connectivity index (χ1n) is 9.49. The van der Waals surface area contributed by atoms with E-state index in [4.69, 9.17) is 14.2 Å². The first kappa shape index (κ1) is 27.7. The van der Waals surface area contributed by atoms with Gasteiger partial charge in [0.2, 0.25) is 10.0 Å². The molecular formula is C21H32N2O7S2. The number of ether oxygens (including phenoxy) is 3. The monoisotopic (exact) mass is 488 g/mol. The van der Waals surface area contributed by atoms with Crippen LogP contribution in [0.15, 0.2) is 40.0 Å². The molecule has 0 aromatic heterocycles. The van der Waals surface area contributed by atoms with Gasteiger partial charge in [-0.15, -0.1) is 0 Å². The first-order valence-corrected chi connectivity index (χ1v) is 13.2. The minimum absolute atomic E-state index is 0.344. The summed E-state index contributed by atoms with van der Waals surface area (Å²) in [6, 6.07) is 3.49. The van der Waals surface area contributed by atoms with Crippen LogP contribution in [0.3, 0.4) is 0 Å². The van der Waals surface area contributed by atoms with Crippen LogP contribution >= 0.6 is 0 Å². The van der Waals surface area contributed by atoms with Crippen molar-refractivity contribution in [1.29, 1.82) is 0 Å². The molecule has 0 saturated heterocycles. The summed E-state index contributed by atoms with van der Waals surface area (Å²) in [5.74, 6) is 1.32. The molecule has 0 spiro atoms. The Labute approximate surface area is 191 Å². The zero-order chi connectivity index (χ0) is 24.9. The molecule has 0 amide bonds. The van der Waals surface area contributed by atoms with Crippen molar-refractivity contribution < 1.29 is 31.0 Å². The third-order valence-electron chi connectivity index (χ3n) is 4.73. The SMILES string of the molecule is COC1=CC(=NS(C)(=O)=O)C=C(C)C1(C)OC.COc1c(C)cc(NS(C)(=O)=O)cc1C. The van der Waals surface area contributed by atoms with Gasteiger partial charge >= 0.3 is 0 Å². The summed E-state index contributed by atoms with van der Waals surface area (Å²) < 4.78 is 66.2. The van der Waals surface area contributed by atoms with Crippen molar-refractivity contribution >= 4 is 31.4 Å². The van der Waals surface area contributed by atoms with Crippen LogP contribution in [0.2, 0.25) is 0 Å². The predicted octanol–water partition coefficient (Wildman–Crippen LogP) is 2.97. The minimum Gasteiger partial charge on any atom is -0.498 e. The van der Waals surface area contributed by atoms with Gasteiger partial charge in [-0.3, -0.25) is 4.72 Å². The second kappa shape index (κ2) is 10.5. The second-order valence-electron chi connectivity index (χ2n) is 7.54. The van der Waals surface area contributed by atoms with E-state index in [1.165, 1.54) is 7.11 Å². The van der Waals surface area contributed by atoms with E-state index in [2.05, 4.69) is 9.12 Å². The van der Waals surface area contributed by atoms with Gasteiger partial charge in [0.1, 0.15) is 17.1 Å². The maximum atomic E-state index is 11.1. The normalized spacial score (nSPS) is 20.0.